The van der Waals surface area contributed by atoms with Crippen LogP contribution in [0.3, 0.4) is 0 Å². The molecule has 2 amide bonds. The number of hydrogen-bond donors (Lipinski definition) is 2. The first-order valence-electron chi connectivity index (χ1n) is 7.52. The maximum absolute atomic E-state index is 12.7. The molecule has 0 saturated carbocycles. The second kappa shape index (κ2) is 8.77. The summed E-state index contributed by atoms with van der Waals surface area (Å²) in [6.45, 7) is 3.56. The molecule has 1 heterocycles. The lowest BCUT2D eigenvalue weighted by Gasteiger charge is -2.15. The predicted molar refractivity (Wildman–Crippen MR) is 84.7 cm³/mol. The highest BCUT2D eigenvalue weighted by atomic mass is 19.1. The molecule has 2 N–H and O–H groups in total. The summed E-state index contributed by atoms with van der Waals surface area (Å²) in [4.78, 5) is 15.7. The Morgan fingerprint density at radius 2 is 2.17 bits per heavy atom. The predicted octanol–water partition coefficient (Wildman–Crippen LogP) is 2.18. The van der Waals surface area contributed by atoms with Crippen molar-refractivity contribution in [2.45, 2.75) is 25.9 Å². The molecule has 0 fully saturated rings. The summed E-state index contributed by atoms with van der Waals surface area (Å²) < 4.78 is 20.1. The van der Waals surface area contributed by atoms with E-state index in [2.05, 4.69) is 15.6 Å². The fourth-order valence-electron chi connectivity index (χ4n) is 2.03. The lowest BCUT2D eigenvalue weighted by Crippen LogP contribution is -2.42. The molecule has 0 saturated heterocycles. The van der Waals surface area contributed by atoms with Crippen LogP contribution < -0.4 is 15.4 Å². The van der Waals surface area contributed by atoms with Gasteiger partial charge in [-0.05, 0) is 37.6 Å². The van der Waals surface area contributed by atoms with Crippen molar-refractivity contribution in [1.82, 2.24) is 20.2 Å². The van der Waals surface area contributed by atoms with Crippen molar-refractivity contribution in [3.8, 4) is 5.75 Å². The summed E-state index contributed by atoms with van der Waals surface area (Å²) in [6, 6.07) is 5.64. The van der Waals surface area contributed by atoms with Gasteiger partial charge in [-0.2, -0.15) is 0 Å². The molecular formula is C16H21FN4O2. The highest BCUT2D eigenvalue weighted by molar-refractivity contribution is 5.74. The van der Waals surface area contributed by atoms with Crippen LogP contribution in [-0.2, 0) is 6.54 Å². The van der Waals surface area contributed by atoms with Crippen molar-refractivity contribution in [2.75, 3.05) is 13.2 Å². The molecule has 0 radical (unpaired) electrons. The minimum Gasteiger partial charge on any atom is -0.494 e. The maximum atomic E-state index is 12.7. The zero-order valence-corrected chi connectivity index (χ0v) is 13.0. The summed E-state index contributed by atoms with van der Waals surface area (Å²) in [5, 5.41) is 5.63. The van der Waals surface area contributed by atoms with Gasteiger partial charge in [0, 0.05) is 31.5 Å². The molecule has 1 aromatic carbocycles. The summed E-state index contributed by atoms with van der Waals surface area (Å²) in [5.41, 5.74) is 0. The summed E-state index contributed by atoms with van der Waals surface area (Å²) in [7, 11) is 0. The average Bonchev–Trinajstić information content (AvgIpc) is 3.01. The van der Waals surface area contributed by atoms with E-state index in [4.69, 9.17) is 4.74 Å². The van der Waals surface area contributed by atoms with Crippen molar-refractivity contribution in [3.05, 3.63) is 48.8 Å². The topological polar surface area (TPSA) is 68.2 Å². The number of nitrogens with zero attached hydrogens (tertiary/aromatic N) is 2. The Morgan fingerprint density at radius 3 is 2.87 bits per heavy atom. The van der Waals surface area contributed by atoms with Crippen LogP contribution in [0.2, 0.25) is 0 Å². The van der Waals surface area contributed by atoms with Gasteiger partial charge in [0.15, 0.2) is 0 Å². The van der Waals surface area contributed by atoms with Gasteiger partial charge in [-0.25, -0.2) is 14.2 Å². The number of urea groups is 1. The van der Waals surface area contributed by atoms with E-state index in [1.165, 1.54) is 12.1 Å². The summed E-state index contributed by atoms with van der Waals surface area (Å²) in [5.74, 6) is 0.324. The molecule has 0 aliphatic carbocycles. The number of nitrogens with one attached hydrogen (secondary N) is 2. The highest BCUT2D eigenvalue weighted by Gasteiger charge is 2.06. The molecule has 23 heavy (non-hydrogen) atoms. The van der Waals surface area contributed by atoms with Crippen LogP contribution in [0.1, 0.15) is 13.3 Å². The number of carbonyl (C=O) groups excluding carboxylic acids is 1. The standard InChI is InChI=1S/C16H21FN4O2/c1-13(11-21-9-8-18-12-21)20-16(22)19-7-2-10-23-15-5-3-14(17)4-6-15/h3-6,8-9,12-13H,2,7,10-11H2,1H3,(H2,19,20,22)/t13-/m1/s1. The third-order valence-corrected chi connectivity index (χ3v) is 3.11. The van der Waals surface area contributed by atoms with Crippen molar-refractivity contribution in [3.63, 3.8) is 0 Å². The van der Waals surface area contributed by atoms with Crippen LogP contribution in [0.25, 0.3) is 0 Å². The van der Waals surface area contributed by atoms with Crippen molar-refractivity contribution < 1.29 is 13.9 Å². The first kappa shape index (κ1) is 16.8. The molecule has 0 spiro atoms. The molecule has 0 aliphatic heterocycles. The van der Waals surface area contributed by atoms with E-state index in [1.807, 2.05) is 17.7 Å². The Bertz CT molecular complexity index is 587. The molecule has 124 valence electrons. The van der Waals surface area contributed by atoms with Crippen LogP contribution in [0.15, 0.2) is 43.0 Å². The number of benzene rings is 1. The van der Waals surface area contributed by atoms with Gasteiger partial charge in [-0.3, -0.25) is 0 Å². The van der Waals surface area contributed by atoms with Crippen LogP contribution in [-0.4, -0.2) is 34.8 Å². The van der Waals surface area contributed by atoms with Crippen LogP contribution in [0, 0.1) is 5.82 Å². The molecule has 1 atom stereocenters. The van der Waals surface area contributed by atoms with Gasteiger partial charge in [0.25, 0.3) is 0 Å². The zero-order chi connectivity index (χ0) is 16.5. The number of amides is 2. The first-order chi connectivity index (χ1) is 11.1. The van der Waals surface area contributed by atoms with Gasteiger partial charge in [0.1, 0.15) is 11.6 Å². The number of carbonyl (C=O) groups is 1. The molecule has 2 rings (SSSR count). The van der Waals surface area contributed by atoms with E-state index in [-0.39, 0.29) is 17.9 Å². The minimum absolute atomic E-state index is 0.000310. The van der Waals surface area contributed by atoms with Gasteiger partial charge in [0.2, 0.25) is 0 Å². The molecule has 0 bridgehead atoms. The van der Waals surface area contributed by atoms with E-state index in [1.54, 1.807) is 24.7 Å². The number of halogens is 1. The van der Waals surface area contributed by atoms with E-state index >= 15 is 0 Å². The molecule has 0 unspecified atom stereocenters. The monoisotopic (exact) mass is 320 g/mol. The molecular weight excluding hydrogens is 299 g/mol. The van der Waals surface area contributed by atoms with Gasteiger partial charge in [0.05, 0.1) is 12.9 Å². The van der Waals surface area contributed by atoms with Gasteiger partial charge < -0.3 is 19.9 Å². The molecule has 2 aromatic rings. The number of hydrogen-bond acceptors (Lipinski definition) is 3. The normalized spacial score (nSPS) is 11.7. The van der Waals surface area contributed by atoms with Crippen LogP contribution >= 0.6 is 0 Å². The second-order valence-electron chi connectivity index (χ2n) is 5.22. The van der Waals surface area contributed by atoms with E-state index in [9.17, 15) is 9.18 Å². The zero-order valence-electron chi connectivity index (χ0n) is 13.0. The highest BCUT2D eigenvalue weighted by Crippen LogP contribution is 2.10. The molecule has 0 aliphatic rings. The van der Waals surface area contributed by atoms with Crippen molar-refractivity contribution in [1.29, 1.82) is 0 Å². The lowest BCUT2D eigenvalue weighted by atomic mass is 10.3. The molecule has 7 heteroatoms. The van der Waals surface area contributed by atoms with Crippen molar-refractivity contribution >= 4 is 6.03 Å². The Morgan fingerprint density at radius 1 is 1.39 bits per heavy atom. The Kier molecular flexibility index (Phi) is 6.40. The second-order valence-corrected chi connectivity index (χ2v) is 5.22. The Hall–Kier alpha value is -2.57. The van der Waals surface area contributed by atoms with E-state index in [0.717, 1.165) is 0 Å². The largest absolute Gasteiger partial charge is 0.494 e. The number of rotatable bonds is 8. The lowest BCUT2D eigenvalue weighted by molar-refractivity contribution is 0.235. The van der Waals surface area contributed by atoms with E-state index in [0.29, 0.717) is 31.9 Å². The van der Waals surface area contributed by atoms with Crippen LogP contribution in [0.4, 0.5) is 9.18 Å². The van der Waals surface area contributed by atoms with Gasteiger partial charge in [-0.15, -0.1) is 0 Å². The third kappa shape index (κ3) is 6.37. The molecule has 1 aromatic heterocycles. The number of ether oxygens (including phenoxy) is 1. The average molecular weight is 320 g/mol. The fraction of sp³-hybridized carbons (Fsp3) is 0.375. The Balaban J connectivity index is 1.55. The SMILES string of the molecule is C[C@H](Cn1ccnc1)NC(=O)NCCCOc1ccc(F)cc1. The minimum atomic E-state index is -0.291. The number of imidazole rings is 1. The van der Waals surface area contributed by atoms with Gasteiger partial charge >= 0.3 is 6.03 Å². The first-order valence-corrected chi connectivity index (χ1v) is 7.52. The Labute approximate surface area is 134 Å². The van der Waals surface area contributed by atoms with E-state index < -0.39 is 0 Å². The quantitative estimate of drug-likeness (QED) is 0.733. The third-order valence-electron chi connectivity index (χ3n) is 3.11. The smallest absolute Gasteiger partial charge is 0.315 e. The fourth-order valence-corrected chi connectivity index (χ4v) is 2.03. The van der Waals surface area contributed by atoms with Gasteiger partial charge in [-0.1, -0.05) is 0 Å². The molecule has 6 nitrogen and oxygen atoms in total. The van der Waals surface area contributed by atoms with Crippen molar-refractivity contribution in [2.24, 2.45) is 0 Å². The number of aromatic nitrogens is 2. The maximum Gasteiger partial charge on any atom is 0.315 e. The summed E-state index contributed by atoms with van der Waals surface area (Å²) in [6.07, 6.45) is 5.93. The van der Waals surface area contributed by atoms with Crippen LogP contribution in [0.5, 0.6) is 5.75 Å². The summed E-state index contributed by atoms with van der Waals surface area (Å²) >= 11 is 0.